The molecule has 0 aromatic heterocycles. The molecule has 0 N–H and O–H groups in total. The van der Waals surface area contributed by atoms with Crippen LogP contribution in [0.5, 0.6) is 0 Å². The highest BCUT2D eigenvalue weighted by molar-refractivity contribution is 9.10. The second-order valence-electron chi connectivity index (χ2n) is 3.64. The van der Waals surface area contributed by atoms with Crippen LogP contribution < -0.4 is 0 Å². The first-order valence-corrected chi connectivity index (χ1v) is 5.61. The van der Waals surface area contributed by atoms with E-state index in [2.05, 4.69) is 47.6 Å². The van der Waals surface area contributed by atoms with Crippen molar-refractivity contribution in [2.45, 2.75) is 19.8 Å². The molecule has 1 aliphatic carbocycles. The monoisotopic (exact) mass is 248 g/mol. The third-order valence-electron chi connectivity index (χ3n) is 2.73. The molecule has 0 aliphatic heterocycles. The van der Waals surface area contributed by atoms with E-state index in [0.717, 1.165) is 12.8 Å². The zero-order valence-corrected chi connectivity index (χ0v) is 9.89. The molecule has 1 aromatic carbocycles. The zero-order valence-electron chi connectivity index (χ0n) is 8.31. The molecule has 0 unspecified atom stereocenters. The Hall–Kier alpha value is -0.820. The van der Waals surface area contributed by atoms with Gasteiger partial charge in [-0.3, -0.25) is 0 Å². The third kappa shape index (κ3) is 1.46. The van der Waals surface area contributed by atoms with Crippen molar-refractivity contribution in [2.24, 2.45) is 0 Å². The Bertz CT molecular complexity index is 413. The zero-order chi connectivity index (χ0) is 10.1. The maximum atomic E-state index is 3.79. The number of allylic oxidation sites excluding steroid dienone is 3. The number of benzene rings is 1. The van der Waals surface area contributed by atoms with E-state index in [0.29, 0.717) is 0 Å². The molecule has 1 heteroatoms. The molecule has 0 atom stereocenters. The van der Waals surface area contributed by atoms with Crippen LogP contribution in [-0.4, -0.2) is 0 Å². The number of hydrogen-bond acceptors (Lipinski definition) is 0. The van der Waals surface area contributed by atoms with E-state index in [9.17, 15) is 0 Å². The minimum Gasteiger partial charge on any atom is -0.103 e. The number of rotatable bonds is 2. The minimum atomic E-state index is 0.967. The van der Waals surface area contributed by atoms with Crippen LogP contribution in [0, 0.1) is 6.92 Å². The number of fused-ring (bicyclic) bond motifs is 1. The summed E-state index contributed by atoms with van der Waals surface area (Å²) in [6.07, 6.45) is 6.32. The fourth-order valence-electron chi connectivity index (χ4n) is 2.00. The van der Waals surface area contributed by atoms with E-state index >= 15 is 0 Å². The largest absolute Gasteiger partial charge is 0.103 e. The van der Waals surface area contributed by atoms with Crippen molar-refractivity contribution in [2.75, 3.05) is 0 Å². The highest BCUT2D eigenvalue weighted by Gasteiger charge is 2.17. The summed E-state index contributed by atoms with van der Waals surface area (Å²) in [5.41, 5.74) is 5.66. The normalized spacial score (nSPS) is 13.7. The lowest BCUT2D eigenvalue weighted by atomic mass is 10.00. The summed E-state index contributed by atoms with van der Waals surface area (Å²) in [4.78, 5) is 0. The van der Waals surface area contributed by atoms with Gasteiger partial charge in [0.05, 0.1) is 0 Å². The Balaban J connectivity index is 2.53. The summed E-state index contributed by atoms with van der Waals surface area (Å²) in [5.74, 6) is 0. The second kappa shape index (κ2) is 3.74. The van der Waals surface area contributed by atoms with E-state index in [-0.39, 0.29) is 0 Å². The maximum Gasteiger partial charge on any atom is 0.0253 e. The van der Waals surface area contributed by atoms with Gasteiger partial charge in [-0.15, -0.1) is 6.58 Å². The molecule has 0 spiro atoms. The molecule has 0 saturated heterocycles. The molecule has 1 aromatic rings. The van der Waals surface area contributed by atoms with Crippen LogP contribution in [0.1, 0.15) is 23.1 Å². The van der Waals surface area contributed by atoms with Crippen molar-refractivity contribution in [1.82, 2.24) is 0 Å². The number of halogens is 1. The van der Waals surface area contributed by atoms with Crippen molar-refractivity contribution in [3.8, 4) is 0 Å². The minimum absolute atomic E-state index is 0.967. The average Bonchev–Trinajstić information content (AvgIpc) is 2.58. The summed E-state index contributed by atoms with van der Waals surface area (Å²) in [7, 11) is 0. The Labute approximate surface area is 93.5 Å². The quantitative estimate of drug-likeness (QED) is 0.686. The maximum absolute atomic E-state index is 3.79. The summed E-state index contributed by atoms with van der Waals surface area (Å²) in [5, 5.41) is 0. The molecule has 0 radical (unpaired) electrons. The summed E-state index contributed by atoms with van der Waals surface area (Å²) < 4.78 is 1.21. The van der Waals surface area contributed by atoms with E-state index in [1.807, 2.05) is 6.08 Å². The number of aryl methyl sites for hydroxylation is 1. The predicted octanol–water partition coefficient (Wildman–Crippen LogP) is 4.27. The average molecular weight is 249 g/mol. The van der Waals surface area contributed by atoms with Gasteiger partial charge in [0.2, 0.25) is 0 Å². The van der Waals surface area contributed by atoms with Crippen LogP contribution in [0.3, 0.4) is 0 Å². The highest BCUT2D eigenvalue weighted by atomic mass is 79.9. The van der Waals surface area contributed by atoms with Crippen LogP contribution in [-0.2, 0) is 6.42 Å². The van der Waals surface area contributed by atoms with Crippen molar-refractivity contribution in [3.05, 3.63) is 52.0 Å². The standard InChI is InChI=1S/C13H13Br/c1-3-4-10-6-7-11-9(2)5-8-12(14)13(10)11/h3,5-6,8H,1,4,7H2,2H3. The Morgan fingerprint density at radius 3 is 3.00 bits per heavy atom. The summed E-state index contributed by atoms with van der Waals surface area (Å²) >= 11 is 3.62. The molecule has 0 fully saturated rings. The predicted molar refractivity (Wildman–Crippen MR) is 65.4 cm³/mol. The van der Waals surface area contributed by atoms with Gasteiger partial charge in [-0.1, -0.05) is 34.1 Å². The van der Waals surface area contributed by atoms with Gasteiger partial charge in [-0.25, -0.2) is 0 Å². The molecule has 0 bridgehead atoms. The van der Waals surface area contributed by atoms with Crippen LogP contribution in [0.15, 0.2) is 35.3 Å². The van der Waals surface area contributed by atoms with Gasteiger partial charge in [-0.2, -0.15) is 0 Å². The van der Waals surface area contributed by atoms with Gasteiger partial charge in [0.1, 0.15) is 0 Å². The Morgan fingerprint density at radius 2 is 2.29 bits per heavy atom. The molecule has 0 nitrogen and oxygen atoms in total. The van der Waals surface area contributed by atoms with E-state index in [1.54, 1.807) is 0 Å². The molecular weight excluding hydrogens is 236 g/mol. The molecule has 72 valence electrons. The van der Waals surface area contributed by atoms with E-state index in [1.165, 1.54) is 26.7 Å². The Kier molecular flexibility index (Phi) is 2.60. The van der Waals surface area contributed by atoms with Gasteiger partial charge in [0, 0.05) is 4.47 Å². The molecule has 0 heterocycles. The summed E-state index contributed by atoms with van der Waals surface area (Å²) in [6, 6.07) is 4.31. The molecule has 14 heavy (non-hydrogen) atoms. The molecule has 1 aliphatic rings. The molecule has 2 rings (SSSR count). The fourth-order valence-corrected chi connectivity index (χ4v) is 2.63. The molecular formula is C13H13Br. The van der Waals surface area contributed by atoms with E-state index in [4.69, 9.17) is 0 Å². The Morgan fingerprint density at radius 1 is 1.50 bits per heavy atom. The molecule has 0 saturated carbocycles. The van der Waals surface area contributed by atoms with Crippen LogP contribution in [0.2, 0.25) is 0 Å². The second-order valence-corrected chi connectivity index (χ2v) is 4.50. The van der Waals surface area contributed by atoms with Gasteiger partial charge in [-0.05, 0) is 48.1 Å². The van der Waals surface area contributed by atoms with Crippen molar-refractivity contribution >= 4 is 21.5 Å². The van der Waals surface area contributed by atoms with Gasteiger partial charge in [0.25, 0.3) is 0 Å². The lowest BCUT2D eigenvalue weighted by molar-refractivity contribution is 1.23. The van der Waals surface area contributed by atoms with Gasteiger partial charge >= 0.3 is 0 Å². The number of hydrogen-bond donors (Lipinski definition) is 0. The first-order chi connectivity index (χ1) is 6.74. The topological polar surface area (TPSA) is 0 Å². The first kappa shape index (κ1) is 9.72. The van der Waals surface area contributed by atoms with Crippen molar-refractivity contribution in [1.29, 1.82) is 0 Å². The smallest absolute Gasteiger partial charge is 0.0253 e. The van der Waals surface area contributed by atoms with Crippen LogP contribution in [0.25, 0.3) is 5.57 Å². The van der Waals surface area contributed by atoms with Crippen molar-refractivity contribution < 1.29 is 0 Å². The lowest BCUT2D eigenvalue weighted by Gasteiger charge is -2.09. The summed E-state index contributed by atoms with van der Waals surface area (Å²) in [6.45, 7) is 5.97. The highest BCUT2D eigenvalue weighted by Crippen LogP contribution is 2.37. The fraction of sp³-hybridized carbons (Fsp3) is 0.231. The van der Waals surface area contributed by atoms with Gasteiger partial charge in [0.15, 0.2) is 0 Å². The first-order valence-electron chi connectivity index (χ1n) is 4.82. The van der Waals surface area contributed by atoms with Crippen LogP contribution >= 0.6 is 15.9 Å². The van der Waals surface area contributed by atoms with Crippen LogP contribution in [0.4, 0.5) is 0 Å². The lowest BCUT2D eigenvalue weighted by Crippen LogP contribution is -1.90. The molecule has 0 amide bonds. The third-order valence-corrected chi connectivity index (χ3v) is 3.40. The van der Waals surface area contributed by atoms with Crippen molar-refractivity contribution in [3.63, 3.8) is 0 Å². The SMILES string of the molecule is C=CCC1=CCc2c(C)ccc(Br)c21. The van der Waals surface area contributed by atoms with E-state index < -0.39 is 0 Å². The van der Waals surface area contributed by atoms with Gasteiger partial charge < -0.3 is 0 Å².